The molecule has 1 aliphatic rings. The molecule has 226 valence electrons. The molecule has 0 saturated carbocycles. The quantitative estimate of drug-likeness (QED) is 0.224. The van der Waals surface area contributed by atoms with Crippen molar-refractivity contribution in [2.75, 3.05) is 18.0 Å². The van der Waals surface area contributed by atoms with Crippen LogP contribution in [0, 0.1) is 5.82 Å². The molecule has 2 heterocycles. The van der Waals surface area contributed by atoms with Gasteiger partial charge in [-0.1, -0.05) is 93.0 Å². The summed E-state index contributed by atoms with van der Waals surface area (Å²) < 4.78 is 29.4. The highest BCUT2D eigenvalue weighted by atomic mass is 35.5. The maximum atomic E-state index is 16.1. The van der Waals surface area contributed by atoms with E-state index in [1.165, 1.54) is 0 Å². The zero-order valence-electron chi connectivity index (χ0n) is 25.4. The molecule has 0 spiro atoms. The van der Waals surface area contributed by atoms with Gasteiger partial charge in [0.1, 0.15) is 16.9 Å². The van der Waals surface area contributed by atoms with Crippen molar-refractivity contribution < 1.29 is 18.7 Å². The fourth-order valence-corrected chi connectivity index (χ4v) is 11.3. The van der Waals surface area contributed by atoms with E-state index in [0.717, 1.165) is 15.9 Å². The third-order valence-corrected chi connectivity index (χ3v) is 13.5. The molecule has 1 fully saturated rings. The Kier molecular flexibility index (Phi) is 9.39. The van der Waals surface area contributed by atoms with E-state index in [1.54, 1.807) is 30.6 Å². The highest BCUT2D eigenvalue weighted by molar-refractivity contribution is 6.99. The number of rotatable bonds is 8. The van der Waals surface area contributed by atoms with Crippen LogP contribution in [0.5, 0.6) is 0 Å². The van der Waals surface area contributed by atoms with Crippen molar-refractivity contribution in [3.05, 3.63) is 119 Å². The van der Waals surface area contributed by atoms with Gasteiger partial charge >= 0.3 is 0 Å². The van der Waals surface area contributed by atoms with Crippen molar-refractivity contribution in [1.82, 2.24) is 4.98 Å². The summed E-state index contributed by atoms with van der Waals surface area (Å²) in [6.45, 7) is 12.0. The van der Waals surface area contributed by atoms with Crippen LogP contribution in [0.3, 0.4) is 0 Å². The lowest BCUT2D eigenvalue weighted by Gasteiger charge is -2.43. The minimum Gasteiger partial charge on any atom is -0.403 e. The summed E-state index contributed by atoms with van der Waals surface area (Å²) in [5.74, 6) is -0.637. The maximum Gasteiger partial charge on any atom is 0.261 e. The van der Waals surface area contributed by atoms with Gasteiger partial charge in [0.15, 0.2) is 0 Å². The van der Waals surface area contributed by atoms with Gasteiger partial charge in [0.05, 0.1) is 24.5 Å². The molecule has 0 radical (unpaired) electrons. The molecular weight excluding hydrogens is 579 g/mol. The molecule has 1 N–H and O–H groups in total. The van der Waals surface area contributed by atoms with Gasteiger partial charge in [-0.2, -0.15) is 0 Å². The number of benzene rings is 3. The van der Waals surface area contributed by atoms with E-state index in [-0.39, 0.29) is 34.4 Å². The summed E-state index contributed by atoms with van der Waals surface area (Å²) in [5, 5.41) is 13.4. The number of aliphatic hydroxyl groups excluding tert-OH is 1. The molecule has 5 nitrogen and oxygen atoms in total. The van der Waals surface area contributed by atoms with Crippen LogP contribution in [0.15, 0.2) is 91.3 Å². The van der Waals surface area contributed by atoms with Gasteiger partial charge in [-0.15, -0.1) is 0 Å². The van der Waals surface area contributed by atoms with E-state index >= 15 is 4.39 Å². The van der Waals surface area contributed by atoms with Gasteiger partial charge in [0, 0.05) is 36.6 Å². The molecule has 1 aromatic heterocycles. The first kappa shape index (κ1) is 31.4. The van der Waals surface area contributed by atoms with Crippen molar-refractivity contribution in [3.8, 4) is 0 Å². The second kappa shape index (κ2) is 12.9. The normalized spacial score (nSPS) is 18.5. The van der Waals surface area contributed by atoms with Crippen LogP contribution >= 0.6 is 11.6 Å². The lowest BCUT2D eigenvalue weighted by molar-refractivity contribution is -0.00532. The number of hydrogen-bond acceptors (Lipinski definition) is 5. The van der Waals surface area contributed by atoms with E-state index in [0.29, 0.717) is 24.3 Å². The van der Waals surface area contributed by atoms with Gasteiger partial charge in [-0.25, -0.2) is 4.39 Å². The Hall–Kier alpha value is -3.07. The van der Waals surface area contributed by atoms with Gasteiger partial charge in [-0.3, -0.25) is 4.98 Å². The first-order valence-electron chi connectivity index (χ1n) is 14.8. The number of nitrogens with zero attached hydrogens (tertiary/aromatic N) is 2. The van der Waals surface area contributed by atoms with Crippen molar-refractivity contribution >= 4 is 36.0 Å². The number of anilines is 1. The van der Waals surface area contributed by atoms with Crippen LogP contribution in [0.25, 0.3) is 0 Å². The molecule has 0 bridgehead atoms. The standard InChI is InChI=1S/C35H40ClFN2O3Si/c1-24-21-39(22-25(2)42-24)33-27(20-30(32(37)31(33)36)34(40)26-16-18-38-19-17-26)23-41-43(35(3,4)5,28-12-8-6-9-13-28)29-14-10-7-11-15-29/h6-20,24-25,34,40H,21-23H2,1-5H3/t24-,25+,34?. The molecule has 0 aliphatic carbocycles. The molecule has 3 aromatic carbocycles. The van der Waals surface area contributed by atoms with Crippen molar-refractivity contribution in [1.29, 1.82) is 0 Å². The summed E-state index contributed by atoms with van der Waals surface area (Å²) >= 11 is 6.91. The Bertz CT molecular complexity index is 1470. The summed E-state index contributed by atoms with van der Waals surface area (Å²) in [5.41, 5.74) is 1.95. The molecule has 1 saturated heterocycles. The Morgan fingerprint density at radius 1 is 0.977 bits per heavy atom. The second-order valence-corrected chi connectivity index (χ2v) is 17.1. The second-order valence-electron chi connectivity index (χ2n) is 12.4. The first-order chi connectivity index (χ1) is 20.5. The largest absolute Gasteiger partial charge is 0.403 e. The lowest BCUT2D eigenvalue weighted by Crippen LogP contribution is -2.66. The minimum atomic E-state index is -2.92. The van der Waals surface area contributed by atoms with Gasteiger partial charge in [0.2, 0.25) is 0 Å². The van der Waals surface area contributed by atoms with E-state index in [4.69, 9.17) is 20.8 Å². The third kappa shape index (κ3) is 6.28. The van der Waals surface area contributed by atoms with Crippen LogP contribution in [0.2, 0.25) is 10.1 Å². The Balaban J connectivity index is 1.67. The van der Waals surface area contributed by atoms with Crippen LogP contribution in [-0.4, -0.2) is 43.7 Å². The zero-order valence-corrected chi connectivity index (χ0v) is 27.2. The number of aromatic nitrogens is 1. The number of halogens is 2. The molecule has 43 heavy (non-hydrogen) atoms. The van der Waals surface area contributed by atoms with E-state index < -0.39 is 20.2 Å². The summed E-state index contributed by atoms with van der Waals surface area (Å²) in [6, 6.07) is 25.9. The van der Waals surface area contributed by atoms with Gasteiger partial charge < -0.3 is 19.2 Å². The number of morpholine rings is 1. The Labute approximate surface area is 260 Å². The fraction of sp³-hybridized carbons (Fsp3) is 0.343. The Morgan fingerprint density at radius 3 is 2.02 bits per heavy atom. The van der Waals surface area contributed by atoms with Gasteiger partial charge in [-0.05, 0) is 53.0 Å². The van der Waals surface area contributed by atoms with E-state index in [2.05, 4.69) is 79.2 Å². The van der Waals surface area contributed by atoms with Crippen molar-refractivity contribution in [3.63, 3.8) is 0 Å². The van der Waals surface area contributed by atoms with Crippen LogP contribution in [0.4, 0.5) is 10.1 Å². The predicted octanol–water partition coefficient (Wildman–Crippen LogP) is 6.65. The third-order valence-electron chi connectivity index (χ3n) is 8.20. The first-order valence-corrected chi connectivity index (χ1v) is 17.1. The van der Waals surface area contributed by atoms with E-state index in [9.17, 15) is 5.11 Å². The minimum absolute atomic E-state index is 0.0204. The smallest absolute Gasteiger partial charge is 0.261 e. The molecular formula is C35H40ClFN2O3Si. The Morgan fingerprint density at radius 2 is 1.51 bits per heavy atom. The molecule has 0 amide bonds. The summed E-state index contributed by atoms with van der Waals surface area (Å²) in [4.78, 5) is 6.13. The number of pyridine rings is 1. The molecule has 4 aromatic rings. The molecule has 1 unspecified atom stereocenters. The zero-order chi connectivity index (χ0) is 30.8. The number of ether oxygens (including phenoxy) is 1. The van der Waals surface area contributed by atoms with Crippen LogP contribution < -0.4 is 15.3 Å². The van der Waals surface area contributed by atoms with Crippen LogP contribution in [-0.2, 0) is 15.8 Å². The molecule has 3 atom stereocenters. The number of hydrogen-bond donors (Lipinski definition) is 1. The average molecular weight is 619 g/mol. The predicted molar refractivity (Wildman–Crippen MR) is 174 cm³/mol. The summed E-state index contributed by atoms with van der Waals surface area (Å²) in [6.07, 6.45) is 1.82. The molecule has 8 heteroatoms. The SMILES string of the molecule is C[C@@H]1CN(c2c(CO[Si](c3ccccc3)(c3ccccc3)C(C)(C)C)cc(C(O)c3ccncc3)c(F)c2Cl)C[C@H](C)O1. The number of aliphatic hydroxyl groups is 1. The van der Waals surface area contributed by atoms with Crippen molar-refractivity contribution in [2.24, 2.45) is 0 Å². The lowest BCUT2D eigenvalue weighted by atomic mass is 9.98. The summed E-state index contributed by atoms with van der Waals surface area (Å²) in [7, 11) is -2.92. The van der Waals surface area contributed by atoms with Gasteiger partial charge in [0.25, 0.3) is 8.32 Å². The molecule has 5 rings (SSSR count). The van der Waals surface area contributed by atoms with E-state index in [1.807, 2.05) is 26.0 Å². The highest BCUT2D eigenvalue weighted by Crippen LogP contribution is 2.42. The van der Waals surface area contributed by atoms with Crippen LogP contribution in [0.1, 0.15) is 57.4 Å². The molecule has 1 aliphatic heterocycles. The maximum absolute atomic E-state index is 16.1. The highest BCUT2D eigenvalue weighted by Gasteiger charge is 2.50. The monoisotopic (exact) mass is 618 g/mol. The fourth-order valence-electron chi connectivity index (χ4n) is 6.38. The average Bonchev–Trinajstić information content (AvgIpc) is 2.99. The topological polar surface area (TPSA) is 54.8 Å². The van der Waals surface area contributed by atoms with Crippen molar-refractivity contribution in [2.45, 2.75) is 64.6 Å².